The van der Waals surface area contributed by atoms with E-state index in [-0.39, 0.29) is 37.4 Å². The zero-order valence-electron chi connectivity index (χ0n) is 23.2. The molecule has 0 spiro atoms. The Morgan fingerprint density at radius 1 is 1.22 bits per heavy atom. The second kappa shape index (κ2) is 12.2. The Morgan fingerprint density at radius 3 is 2.68 bits per heavy atom. The lowest BCUT2D eigenvalue weighted by Gasteiger charge is -2.36. The number of para-hydroxylation sites is 1. The van der Waals surface area contributed by atoms with E-state index in [4.69, 9.17) is 20.4 Å². The highest BCUT2D eigenvalue weighted by molar-refractivity contribution is 7.45. The molecule has 1 aliphatic rings. The number of fused-ring (bicyclic) bond motifs is 3. The number of hydrogen-bond donors (Lipinski definition) is 0. The van der Waals surface area contributed by atoms with Gasteiger partial charge in [-0.2, -0.15) is 5.26 Å². The molecule has 0 bridgehead atoms. The van der Waals surface area contributed by atoms with Gasteiger partial charge in [0.05, 0.1) is 29.3 Å². The molecule has 2 unspecified atom stereocenters. The molecule has 0 radical (unpaired) electrons. The molecule has 196 valence electrons. The molecule has 1 aliphatic heterocycles. The number of hydrogen-bond acceptors (Lipinski definition) is 6. The standard InChI is InChI=1S/C29H37N4O3P/c1-7-31-19-34-37(33(20(2)3)21(4)5)36-28-18-29(35-22(28)6)32-26-13-9-8-12-24(26)25-17-23(11-10-16-30)14-15-27(25)32/h8-15,17,19-22,28-29H,7,18H2,1-6H3/b11-10+,31-19?/t22-,28?,29-,37?/m1/s1/i6D. The van der Waals surface area contributed by atoms with Crippen molar-refractivity contribution in [1.82, 2.24) is 9.24 Å². The zero-order chi connectivity index (χ0) is 27.2. The molecule has 0 N–H and O–H groups in total. The van der Waals surface area contributed by atoms with E-state index in [0.29, 0.717) is 13.0 Å². The lowest BCUT2D eigenvalue weighted by Crippen LogP contribution is -2.35. The van der Waals surface area contributed by atoms with Crippen LogP contribution in [0, 0.1) is 11.3 Å². The van der Waals surface area contributed by atoms with Gasteiger partial charge in [0.1, 0.15) is 6.23 Å². The number of ether oxygens (including phenoxy) is 1. The first kappa shape index (κ1) is 25.9. The largest absolute Gasteiger partial charge is 0.425 e. The van der Waals surface area contributed by atoms with Gasteiger partial charge >= 0.3 is 8.53 Å². The summed E-state index contributed by atoms with van der Waals surface area (Å²) in [5.74, 6) is 0. The van der Waals surface area contributed by atoms with E-state index in [1.165, 1.54) is 12.5 Å². The van der Waals surface area contributed by atoms with Crippen LogP contribution in [-0.2, 0) is 13.8 Å². The summed E-state index contributed by atoms with van der Waals surface area (Å²) in [6, 6.07) is 17.0. The van der Waals surface area contributed by atoms with Crippen molar-refractivity contribution in [3.8, 4) is 6.07 Å². The van der Waals surface area contributed by atoms with E-state index < -0.39 is 8.53 Å². The molecule has 0 aliphatic carbocycles. The summed E-state index contributed by atoms with van der Waals surface area (Å²) < 4.78 is 31.9. The highest BCUT2D eigenvalue weighted by Gasteiger charge is 2.40. The molecule has 2 heterocycles. The molecule has 4 rings (SSSR count). The van der Waals surface area contributed by atoms with Crippen LogP contribution in [0.2, 0.25) is 0 Å². The minimum absolute atomic E-state index is 0.0942. The highest BCUT2D eigenvalue weighted by atomic mass is 31.2. The van der Waals surface area contributed by atoms with Crippen LogP contribution >= 0.6 is 8.53 Å². The Labute approximate surface area is 222 Å². The summed E-state index contributed by atoms with van der Waals surface area (Å²) in [6.45, 7) is 11.2. The maximum absolute atomic E-state index is 8.95. The quantitative estimate of drug-likeness (QED) is 0.120. The monoisotopic (exact) mass is 521 g/mol. The highest BCUT2D eigenvalue weighted by Crippen LogP contribution is 2.50. The summed E-state index contributed by atoms with van der Waals surface area (Å²) in [4.78, 5) is 4.24. The molecule has 0 amide bonds. The Hall–Kier alpha value is -2.75. The van der Waals surface area contributed by atoms with Crippen molar-refractivity contribution in [1.29, 1.82) is 5.26 Å². The number of rotatable bonds is 10. The predicted molar refractivity (Wildman–Crippen MR) is 152 cm³/mol. The molecule has 0 saturated carbocycles. The van der Waals surface area contributed by atoms with Crippen molar-refractivity contribution < 1.29 is 15.2 Å². The zero-order valence-corrected chi connectivity index (χ0v) is 23.1. The van der Waals surface area contributed by atoms with Crippen LogP contribution < -0.4 is 0 Å². The van der Waals surface area contributed by atoms with Crippen LogP contribution in [0.3, 0.4) is 0 Å². The van der Waals surface area contributed by atoms with Crippen LogP contribution in [0.4, 0.5) is 0 Å². The second-order valence-corrected chi connectivity index (χ2v) is 11.0. The van der Waals surface area contributed by atoms with E-state index in [9.17, 15) is 0 Å². The van der Waals surface area contributed by atoms with Gasteiger partial charge in [-0.1, -0.05) is 24.3 Å². The van der Waals surface area contributed by atoms with Gasteiger partial charge in [-0.05, 0) is 71.4 Å². The van der Waals surface area contributed by atoms with E-state index in [1.807, 2.05) is 31.2 Å². The molecule has 7 nitrogen and oxygen atoms in total. The number of aliphatic imine (C=N–C) groups is 1. The maximum Gasteiger partial charge on any atom is 0.322 e. The van der Waals surface area contributed by atoms with Crippen molar-refractivity contribution in [2.24, 2.45) is 4.99 Å². The van der Waals surface area contributed by atoms with Crippen LogP contribution in [-0.4, -0.2) is 46.5 Å². The minimum Gasteiger partial charge on any atom is -0.425 e. The van der Waals surface area contributed by atoms with E-state index >= 15 is 0 Å². The van der Waals surface area contributed by atoms with Gasteiger partial charge in [0.25, 0.3) is 0 Å². The Kier molecular flexibility index (Phi) is 8.53. The molecule has 1 aromatic heterocycles. The van der Waals surface area contributed by atoms with Crippen molar-refractivity contribution in [3.05, 3.63) is 54.1 Å². The fourth-order valence-corrected chi connectivity index (χ4v) is 6.53. The first-order valence-corrected chi connectivity index (χ1v) is 14.0. The van der Waals surface area contributed by atoms with Crippen molar-refractivity contribution in [3.63, 3.8) is 0 Å². The Morgan fingerprint density at radius 2 is 1.97 bits per heavy atom. The fraction of sp³-hybridized carbons (Fsp3) is 0.448. The smallest absolute Gasteiger partial charge is 0.322 e. The maximum atomic E-state index is 8.95. The van der Waals surface area contributed by atoms with Crippen molar-refractivity contribution in [2.75, 3.05) is 6.54 Å². The number of aromatic nitrogens is 1. The number of nitrogens with zero attached hydrogens (tertiary/aromatic N) is 4. The van der Waals surface area contributed by atoms with Gasteiger partial charge in [0.2, 0.25) is 0 Å². The summed E-state index contributed by atoms with van der Waals surface area (Å²) in [6.07, 6.45) is 4.44. The minimum atomic E-state index is -1.44. The third-order valence-electron chi connectivity index (χ3n) is 6.42. The SMILES string of the molecule is [2H]C[C@H]1O[C@@H](n2c3ccccc3c3cc(/C=C/C#N)ccc32)CC1OP(OC=NCC)N(C(C)C)C(C)C. The van der Waals surface area contributed by atoms with Gasteiger partial charge in [-0.25, -0.2) is 4.67 Å². The molecular weight excluding hydrogens is 483 g/mol. The lowest BCUT2D eigenvalue weighted by molar-refractivity contribution is -0.00149. The van der Waals surface area contributed by atoms with Crippen LogP contribution in [0.1, 0.15) is 61.1 Å². The predicted octanol–water partition coefficient (Wildman–Crippen LogP) is 7.43. The molecule has 1 fully saturated rings. The molecular formula is C29H37N4O3P. The Balaban J connectivity index is 1.69. The summed E-state index contributed by atoms with van der Waals surface area (Å²) in [5, 5.41) is 11.2. The summed E-state index contributed by atoms with van der Waals surface area (Å²) >= 11 is 0. The molecule has 37 heavy (non-hydrogen) atoms. The first-order chi connectivity index (χ1) is 18.4. The van der Waals surface area contributed by atoms with Gasteiger partial charge in [0, 0.05) is 43.3 Å². The van der Waals surface area contributed by atoms with Gasteiger partial charge < -0.3 is 18.4 Å². The fourth-order valence-electron chi connectivity index (χ4n) is 4.91. The second-order valence-electron chi connectivity index (χ2n) is 9.65. The number of nitriles is 1. The normalized spacial score (nSPS) is 21.7. The van der Waals surface area contributed by atoms with Gasteiger partial charge in [-0.3, -0.25) is 4.99 Å². The number of benzene rings is 2. The molecule has 4 atom stereocenters. The average molecular weight is 522 g/mol. The summed E-state index contributed by atoms with van der Waals surface area (Å²) in [5.41, 5.74) is 3.09. The number of allylic oxidation sites excluding steroid dienone is 1. The third-order valence-corrected chi connectivity index (χ3v) is 8.45. The average Bonchev–Trinajstić information content (AvgIpc) is 3.45. The van der Waals surface area contributed by atoms with Crippen LogP contribution in [0.5, 0.6) is 0 Å². The molecule has 3 aromatic rings. The van der Waals surface area contributed by atoms with Crippen LogP contribution in [0.25, 0.3) is 27.9 Å². The molecule has 2 aromatic carbocycles. The molecule has 1 saturated heterocycles. The summed E-state index contributed by atoms with van der Waals surface area (Å²) in [7, 11) is -1.44. The van der Waals surface area contributed by atoms with Gasteiger partial charge in [-0.15, -0.1) is 0 Å². The lowest BCUT2D eigenvalue weighted by atomic mass is 10.1. The first-order valence-electron chi connectivity index (χ1n) is 13.5. The van der Waals surface area contributed by atoms with E-state index in [0.717, 1.165) is 27.4 Å². The van der Waals surface area contributed by atoms with Crippen molar-refractivity contribution >= 4 is 42.8 Å². The van der Waals surface area contributed by atoms with Crippen LogP contribution in [0.15, 0.2) is 53.5 Å². The van der Waals surface area contributed by atoms with Gasteiger partial charge in [0.15, 0.2) is 6.40 Å². The Bertz CT molecular complexity index is 1320. The topological polar surface area (TPSA) is 72.0 Å². The van der Waals surface area contributed by atoms with Crippen molar-refractivity contribution in [2.45, 2.75) is 78.5 Å². The molecule has 8 heteroatoms. The van der Waals surface area contributed by atoms with E-state index in [2.05, 4.69) is 72.3 Å². The van der Waals surface area contributed by atoms with E-state index in [1.54, 1.807) is 0 Å². The third kappa shape index (κ3) is 5.89.